The third-order valence-corrected chi connectivity index (χ3v) is 6.71. The Balaban J connectivity index is 1.31. The van der Waals surface area contributed by atoms with Crippen molar-refractivity contribution in [2.45, 2.75) is 13.0 Å². The highest BCUT2D eigenvalue weighted by Gasteiger charge is 2.09. The Labute approximate surface area is 197 Å². The number of nitrogens with one attached hydrogen (secondary N) is 2. The van der Waals surface area contributed by atoms with E-state index in [-0.39, 0.29) is 0 Å². The average Bonchev–Trinajstić information content (AvgIpc) is 3.49. The fourth-order valence-corrected chi connectivity index (χ4v) is 4.95. The van der Waals surface area contributed by atoms with Gasteiger partial charge in [-0.1, -0.05) is 36.4 Å². The lowest BCUT2D eigenvalue weighted by molar-refractivity contribution is 0.768. The molecule has 166 valence electrons. The van der Waals surface area contributed by atoms with Gasteiger partial charge in [0, 0.05) is 47.5 Å². The van der Waals surface area contributed by atoms with E-state index in [4.69, 9.17) is 0 Å². The van der Waals surface area contributed by atoms with Gasteiger partial charge < -0.3 is 10.6 Å². The Hall–Kier alpha value is -3.55. The summed E-state index contributed by atoms with van der Waals surface area (Å²) in [6, 6.07) is 17.2. The molecule has 0 amide bonds. The van der Waals surface area contributed by atoms with Crippen LogP contribution >= 0.6 is 11.3 Å². The monoisotopic (exact) mass is 454 g/mol. The Bertz CT molecular complexity index is 1390. The second-order valence-corrected chi connectivity index (χ2v) is 9.06. The lowest BCUT2D eigenvalue weighted by Crippen LogP contribution is -2.07. The molecule has 3 heterocycles. The number of benzene rings is 2. The van der Waals surface area contributed by atoms with Gasteiger partial charge in [0.1, 0.15) is 0 Å². The molecule has 0 aliphatic rings. The molecule has 0 aliphatic carbocycles. The third-order valence-electron chi connectivity index (χ3n) is 5.71. The van der Waals surface area contributed by atoms with Crippen LogP contribution in [0.3, 0.4) is 0 Å². The van der Waals surface area contributed by atoms with Gasteiger partial charge >= 0.3 is 0 Å². The quantitative estimate of drug-likeness (QED) is 0.340. The van der Waals surface area contributed by atoms with E-state index in [0.717, 1.165) is 47.2 Å². The molecule has 0 fully saturated rings. The van der Waals surface area contributed by atoms with Crippen LogP contribution in [-0.4, -0.2) is 33.6 Å². The van der Waals surface area contributed by atoms with Gasteiger partial charge in [-0.15, -0.1) is 16.4 Å². The van der Waals surface area contributed by atoms with E-state index >= 15 is 0 Å². The van der Waals surface area contributed by atoms with E-state index < -0.39 is 0 Å². The molecule has 0 radical (unpaired) electrons. The van der Waals surface area contributed by atoms with Crippen molar-refractivity contribution in [3.05, 3.63) is 82.9 Å². The van der Waals surface area contributed by atoms with Crippen LogP contribution in [0.1, 0.15) is 10.4 Å². The zero-order valence-electron chi connectivity index (χ0n) is 18.7. The summed E-state index contributed by atoms with van der Waals surface area (Å²) in [4.78, 5) is 1.35. The fourth-order valence-electron chi connectivity index (χ4n) is 4.06. The molecule has 6 nitrogen and oxygen atoms in total. The average molecular weight is 455 g/mol. The highest BCUT2D eigenvalue weighted by atomic mass is 32.1. The lowest BCUT2D eigenvalue weighted by Gasteiger charge is -2.09. The number of thiophene rings is 1. The number of rotatable bonds is 8. The van der Waals surface area contributed by atoms with Crippen LogP contribution in [0.5, 0.6) is 0 Å². The summed E-state index contributed by atoms with van der Waals surface area (Å²) in [5, 5.41) is 24.0. The van der Waals surface area contributed by atoms with Crippen LogP contribution in [0, 0.1) is 0 Å². The van der Waals surface area contributed by atoms with Crippen molar-refractivity contribution in [1.82, 2.24) is 25.3 Å². The minimum atomic E-state index is 0.795. The molecular weight excluding hydrogens is 428 g/mol. The Morgan fingerprint density at radius 2 is 1.91 bits per heavy atom. The predicted octanol–water partition coefficient (Wildman–Crippen LogP) is 5.13. The maximum Gasteiger partial charge on any atom is 0.156 e. The molecule has 0 saturated heterocycles. The summed E-state index contributed by atoms with van der Waals surface area (Å²) in [7, 11) is 3.91. The zero-order chi connectivity index (χ0) is 22.6. The molecule has 33 heavy (non-hydrogen) atoms. The van der Waals surface area contributed by atoms with Crippen molar-refractivity contribution in [1.29, 1.82) is 0 Å². The summed E-state index contributed by atoms with van der Waals surface area (Å²) in [5.74, 6) is 0.814. The summed E-state index contributed by atoms with van der Waals surface area (Å²) in [6.07, 6.45) is 6.64. The summed E-state index contributed by atoms with van der Waals surface area (Å²) < 4.78 is 1.82. The number of aryl methyl sites for hydroxylation is 1. The minimum absolute atomic E-state index is 0.795. The van der Waals surface area contributed by atoms with Crippen LogP contribution in [-0.2, 0) is 20.0 Å². The first-order chi connectivity index (χ1) is 16.2. The molecule has 0 spiro atoms. The van der Waals surface area contributed by atoms with Crippen molar-refractivity contribution in [3.63, 3.8) is 0 Å². The molecule has 0 aliphatic heterocycles. The number of anilines is 1. The Morgan fingerprint density at radius 1 is 1.00 bits per heavy atom. The van der Waals surface area contributed by atoms with Crippen molar-refractivity contribution >= 4 is 27.9 Å². The van der Waals surface area contributed by atoms with E-state index in [9.17, 15) is 0 Å². The van der Waals surface area contributed by atoms with E-state index in [2.05, 4.69) is 79.8 Å². The van der Waals surface area contributed by atoms with Crippen molar-refractivity contribution < 1.29 is 0 Å². The highest BCUT2D eigenvalue weighted by Crippen LogP contribution is 2.30. The number of hydrogen-bond acceptors (Lipinski definition) is 6. The molecule has 5 rings (SSSR count). The second-order valence-electron chi connectivity index (χ2n) is 8.06. The van der Waals surface area contributed by atoms with Gasteiger partial charge in [0.2, 0.25) is 0 Å². The molecule has 2 N–H and O–H groups in total. The predicted molar refractivity (Wildman–Crippen MR) is 136 cm³/mol. The van der Waals surface area contributed by atoms with Crippen LogP contribution in [0.25, 0.3) is 33.0 Å². The van der Waals surface area contributed by atoms with Gasteiger partial charge in [-0.05, 0) is 53.2 Å². The van der Waals surface area contributed by atoms with Gasteiger partial charge in [-0.25, -0.2) is 0 Å². The number of aromatic nitrogens is 4. The molecule has 5 aromatic rings. The number of fused-ring (bicyclic) bond motifs is 1. The lowest BCUT2D eigenvalue weighted by atomic mass is 10.0. The zero-order valence-corrected chi connectivity index (χ0v) is 19.6. The molecule has 7 heteroatoms. The first-order valence-corrected chi connectivity index (χ1v) is 11.9. The molecule has 2 aromatic carbocycles. The molecule has 0 atom stereocenters. The van der Waals surface area contributed by atoms with E-state index in [1.807, 2.05) is 37.4 Å². The first kappa shape index (κ1) is 21.3. The van der Waals surface area contributed by atoms with Crippen molar-refractivity contribution in [3.8, 4) is 22.3 Å². The van der Waals surface area contributed by atoms with Crippen LogP contribution in [0.2, 0.25) is 0 Å². The van der Waals surface area contributed by atoms with E-state index in [1.54, 1.807) is 11.3 Å². The van der Waals surface area contributed by atoms with Crippen LogP contribution < -0.4 is 10.6 Å². The van der Waals surface area contributed by atoms with E-state index in [1.165, 1.54) is 21.6 Å². The fraction of sp³-hybridized carbons (Fsp3) is 0.192. The van der Waals surface area contributed by atoms with Gasteiger partial charge in [-0.2, -0.15) is 10.2 Å². The first-order valence-electron chi connectivity index (χ1n) is 11.0. The number of hydrogen-bond donors (Lipinski definition) is 2. The van der Waals surface area contributed by atoms with Crippen molar-refractivity contribution in [2.24, 2.45) is 7.05 Å². The topological polar surface area (TPSA) is 67.7 Å². The molecule has 0 unspecified atom stereocenters. The van der Waals surface area contributed by atoms with Gasteiger partial charge in [0.15, 0.2) is 5.82 Å². The summed E-state index contributed by atoms with van der Waals surface area (Å²) >= 11 is 1.81. The molecule has 0 bridgehead atoms. The summed E-state index contributed by atoms with van der Waals surface area (Å²) in [5.41, 5.74) is 6.11. The van der Waals surface area contributed by atoms with Crippen LogP contribution in [0.4, 0.5) is 5.82 Å². The van der Waals surface area contributed by atoms with Crippen LogP contribution in [0.15, 0.2) is 72.5 Å². The maximum absolute atomic E-state index is 4.38. The molecule has 0 saturated carbocycles. The SMILES string of the molecule is CNCc1ccccc1-c1csc(CCNc2nncc3ccc(-c4cnn(C)c4)cc23)c1. The minimum Gasteiger partial charge on any atom is -0.368 e. The van der Waals surface area contributed by atoms with Gasteiger partial charge in [0.25, 0.3) is 0 Å². The Kier molecular flexibility index (Phi) is 6.15. The maximum atomic E-state index is 4.38. The molecule has 3 aromatic heterocycles. The van der Waals surface area contributed by atoms with Gasteiger partial charge in [0.05, 0.1) is 12.4 Å². The number of nitrogens with zero attached hydrogens (tertiary/aromatic N) is 4. The standard InChI is InChI=1S/C26H26N6S/c1-27-13-19-5-3-4-6-24(19)21-11-23(33-17-21)9-10-28-26-25-12-18(22-15-30-32(2)16-22)7-8-20(25)14-29-31-26/h3-8,11-12,14-17,27H,9-10,13H2,1-2H3,(H,28,31). The smallest absolute Gasteiger partial charge is 0.156 e. The Morgan fingerprint density at radius 3 is 2.76 bits per heavy atom. The largest absolute Gasteiger partial charge is 0.368 e. The summed E-state index contributed by atoms with van der Waals surface area (Å²) in [6.45, 7) is 1.66. The highest BCUT2D eigenvalue weighted by molar-refractivity contribution is 7.10. The van der Waals surface area contributed by atoms with Crippen molar-refractivity contribution in [2.75, 3.05) is 18.9 Å². The molecular formula is C26H26N6S. The third kappa shape index (κ3) is 4.65. The van der Waals surface area contributed by atoms with E-state index in [0.29, 0.717) is 0 Å². The normalized spacial score (nSPS) is 11.2. The second kappa shape index (κ2) is 9.52. The van der Waals surface area contributed by atoms with Gasteiger partial charge in [-0.3, -0.25) is 4.68 Å².